The van der Waals surface area contributed by atoms with Gasteiger partial charge in [-0.1, -0.05) is 31.4 Å². The SMILES string of the molecule is CC(C)(C)OC(=O)N(COCC[Si](C)(C)C)C1=NC(C)(c2cc(C=O)cnc2F)C2CC2(C(=O)O)S1. The zero-order valence-corrected chi connectivity index (χ0v) is 23.6. The lowest BCUT2D eigenvalue weighted by atomic mass is 9.86. The Hall–Kier alpha value is -2.31. The maximum absolute atomic E-state index is 14.9. The third-order valence-electron chi connectivity index (χ3n) is 6.16. The number of nitrogens with zero attached hydrogens (tertiary/aromatic N) is 3. The number of hydrogen-bond acceptors (Lipinski definition) is 8. The van der Waals surface area contributed by atoms with E-state index in [-0.39, 0.29) is 29.4 Å². The molecule has 2 heterocycles. The summed E-state index contributed by atoms with van der Waals surface area (Å²) in [4.78, 5) is 46.5. The first-order valence-corrected chi connectivity index (χ1v) is 16.3. The molecule has 0 saturated heterocycles. The van der Waals surface area contributed by atoms with Gasteiger partial charge >= 0.3 is 12.1 Å². The van der Waals surface area contributed by atoms with Crippen LogP contribution in [0.1, 0.15) is 50.0 Å². The molecule has 1 aromatic rings. The van der Waals surface area contributed by atoms with Gasteiger partial charge in [-0.2, -0.15) is 4.39 Å². The molecule has 12 heteroatoms. The highest BCUT2D eigenvalue weighted by Gasteiger charge is 2.72. The molecule has 1 aliphatic heterocycles. The quantitative estimate of drug-likeness (QED) is 0.165. The van der Waals surface area contributed by atoms with Crippen LogP contribution in [0.4, 0.5) is 9.18 Å². The number of amidine groups is 1. The van der Waals surface area contributed by atoms with Crippen LogP contribution in [0.5, 0.6) is 0 Å². The molecule has 36 heavy (non-hydrogen) atoms. The molecule has 0 aromatic carbocycles. The molecule has 3 unspecified atom stereocenters. The zero-order valence-electron chi connectivity index (χ0n) is 21.8. The fourth-order valence-corrected chi connectivity index (χ4v) is 6.30. The van der Waals surface area contributed by atoms with Gasteiger partial charge in [-0.05, 0) is 46.2 Å². The summed E-state index contributed by atoms with van der Waals surface area (Å²) in [5.41, 5.74) is -2.06. The molecule has 3 atom stereocenters. The fourth-order valence-electron chi connectivity index (χ4n) is 4.04. The minimum absolute atomic E-state index is 0.00168. The van der Waals surface area contributed by atoms with Crippen molar-refractivity contribution in [2.45, 2.75) is 75.7 Å². The minimum atomic E-state index is -1.40. The number of carboxylic acid groups (broad SMARTS) is 1. The summed E-state index contributed by atoms with van der Waals surface area (Å²) in [5, 5.41) is 10.2. The van der Waals surface area contributed by atoms with Gasteiger partial charge in [-0.15, -0.1) is 0 Å². The zero-order chi connectivity index (χ0) is 27.1. The number of carboxylic acids is 1. The number of rotatable bonds is 8. The molecule has 2 aliphatic rings. The molecule has 1 aromatic heterocycles. The van der Waals surface area contributed by atoms with Crippen LogP contribution in [0.15, 0.2) is 17.3 Å². The smallest absolute Gasteiger partial charge is 0.418 e. The number of aromatic nitrogens is 1. The molecule has 1 saturated carbocycles. The van der Waals surface area contributed by atoms with Crippen molar-refractivity contribution in [3.63, 3.8) is 0 Å². The predicted octanol–water partition coefficient (Wildman–Crippen LogP) is 4.74. The number of aldehydes is 1. The molecule has 1 N–H and O–H groups in total. The molecule has 198 valence electrons. The Morgan fingerprint density at radius 2 is 2.03 bits per heavy atom. The second-order valence-electron chi connectivity index (χ2n) is 11.6. The van der Waals surface area contributed by atoms with Crippen LogP contribution in [0.25, 0.3) is 0 Å². The summed E-state index contributed by atoms with van der Waals surface area (Å²) in [6.45, 7) is 13.6. The normalized spacial score (nSPS) is 25.4. The Kier molecular flexibility index (Phi) is 7.74. The highest BCUT2D eigenvalue weighted by Crippen LogP contribution is 2.66. The van der Waals surface area contributed by atoms with Crippen molar-refractivity contribution >= 4 is 43.4 Å². The van der Waals surface area contributed by atoms with Gasteiger partial charge in [0, 0.05) is 37.9 Å². The highest BCUT2D eigenvalue weighted by molar-refractivity contribution is 8.15. The van der Waals surface area contributed by atoms with Crippen molar-refractivity contribution in [1.82, 2.24) is 9.88 Å². The van der Waals surface area contributed by atoms with Crippen LogP contribution in [0, 0.1) is 11.9 Å². The van der Waals surface area contributed by atoms with Gasteiger partial charge < -0.3 is 14.6 Å². The van der Waals surface area contributed by atoms with E-state index in [1.165, 1.54) is 11.0 Å². The maximum Gasteiger partial charge on any atom is 0.418 e. The van der Waals surface area contributed by atoms with Crippen LogP contribution in [0.3, 0.4) is 0 Å². The first kappa shape index (κ1) is 28.3. The van der Waals surface area contributed by atoms with Gasteiger partial charge in [0.05, 0.1) is 5.54 Å². The van der Waals surface area contributed by atoms with Gasteiger partial charge in [0.15, 0.2) is 11.5 Å². The number of fused-ring (bicyclic) bond motifs is 1. The van der Waals surface area contributed by atoms with Crippen molar-refractivity contribution in [2.75, 3.05) is 13.3 Å². The van der Waals surface area contributed by atoms with Crippen LogP contribution < -0.4 is 0 Å². The van der Waals surface area contributed by atoms with E-state index in [1.54, 1.807) is 27.7 Å². The van der Waals surface area contributed by atoms with Crippen LogP contribution in [-0.2, 0) is 19.8 Å². The number of aliphatic imine (C=N–C) groups is 1. The molecule has 0 bridgehead atoms. The minimum Gasteiger partial charge on any atom is -0.480 e. The van der Waals surface area contributed by atoms with Gasteiger partial charge in [-0.25, -0.2) is 14.7 Å². The van der Waals surface area contributed by atoms with Gasteiger partial charge in [0.1, 0.15) is 17.1 Å². The standard InChI is InChI=1S/C24H34FN3O6SSi/c1-22(2,3)34-21(32)28(14-33-8-9-36(5,6)7)20-27-23(4,17-11-24(17,35-20)19(30)31)16-10-15(13-29)12-26-18(16)25/h10,12-13,17H,8-9,11,14H2,1-7H3,(H,30,31). The van der Waals surface area contributed by atoms with E-state index >= 15 is 0 Å². The Balaban J connectivity index is 2.05. The van der Waals surface area contributed by atoms with Crippen LogP contribution >= 0.6 is 11.8 Å². The Bertz CT molecular complexity index is 1090. The fraction of sp³-hybridized carbons (Fsp3) is 0.625. The number of carbonyl (C=O) groups is 3. The first-order valence-electron chi connectivity index (χ1n) is 11.7. The van der Waals surface area contributed by atoms with E-state index in [9.17, 15) is 23.9 Å². The summed E-state index contributed by atoms with van der Waals surface area (Å²) in [6, 6.07) is 2.20. The number of ether oxygens (including phenoxy) is 2. The molecular formula is C24H34FN3O6SSi. The predicted molar refractivity (Wildman–Crippen MR) is 137 cm³/mol. The summed E-state index contributed by atoms with van der Waals surface area (Å²) in [7, 11) is -1.40. The average molecular weight is 540 g/mol. The lowest BCUT2D eigenvalue weighted by Gasteiger charge is -2.36. The van der Waals surface area contributed by atoms with Crippen molar-refractivity contribution in [3.05, 3.63) is 29.3 Å². The molecule has 1 amide bonds. The van der Waals surface area contributed by atoms with Crippen molar-refractivity contribution in [1.29, 1.82) is 0 Å². The molecule has 1 aliphatic carbocycles. The van der Waals surface area contributed by atoms with Crippen molar-refractivity contribution in [3.8, 4) is 0 Å². The molecule has 9 nitrogen and oxygen atoms in total. The third kappa shape index (κ3) is 5.97. The number of thioether (sulfide) groups is 1. The molecule has 3 rings (SSSR count). The van der Waals surface area contributed by atoms with E-state index < -0.39 is 47.9 Å². The van der Waals surface area contributed by atoms with E-state index in [0.717, 1.165) is 24.0 Å². The van der Waals surface area contributed by atoms with Crippen LogP contribution in [-0.4, -0.2) is 70.3 Å². The largest absolute Gasteiger partial charge is 0.480 e. The lowest BCUT2D eigenvalue weighted by molar-refractivity contribution is -0.137. The second-order valence-corrected chi connectivity index (χ2v) is 18.5. The maximum atomic E-state index is 14.9. The summed E-state index contributed by atoms with van der Waals surface area (Å²) in [6.07, 6.45) is 1.11. The number of hydrogen-bond donors (Lipinski definition) is 1. The average Bonchev–Trinajstić information content (AvgIpc) is 3.49. The second kappa shape index (κ2) is 9.86. The Morgan fingerprint density at radius 3 is 2.58 bits per heavy atom. The summed E-state index contributed by atoms with van der Waals surface area (Å²) in [5.74, 6) is -2.50. The van der Waals surface area contributed by atoms with Crippen LogP contribution in [0.2, 0.25) is 25.7 Å². The number of aliphatic carboxylic acids is 1. The van der Waals surface area contributed by atoms with E-state index in [1.807, 2.05) is 0 Å². The Labute approximate surface area is 215 Å². The van der Waals surface area contributed by atoms with Gasteiger partial charge in [-0.3, -0.25) is 14.6 Å². The summed E-state index contributed by atoms with van der Waals surface area (Å²) < 4.78 is 25.0. The highest BCUT2D eigenvalue weighted by atomic mass is 32.2. The van der Waals surface area contributed by atoms with E-state index in [0.29, 0.717) is 12.9 Å². The summed E-state index contributed by atoms with van der Waals surface area (Å²) >= 11 is 0.947. The number of halogens is 1. The molecule has 0 radical (unpaired) electrons. The molecule has 0 spiro atoms. The van der Waals surface area contributed by atoms with Crippen molar-refractivity contribution < 1.29 is 33.4 Å². The third-order valence-corrected chi connectivity index (χ3v) is 9.34. The van der Waals surface area contributed by atoms with Crippen molar-refractivity contribution in [2.24, 2.45) is 10.9 Å². The van der Waals surface area contributed by atoms with E-state index in [2.05, 4.69) is 24.6 Å². The van der Waals surface area contributed by atoms with Gasteiger partial charge in [0.25, 0.3) is 0 Å². The van der Waals surface area contributed by atoms with Gasteiger partial charge in [0.2, 0.25) is 5.95 Å². The monoisotopic (exact) mass is 539 g/mol. The number of amides is 1. The van der Waals surface area contributed by atoms with E-state index in [4.69, 9.17) is 14.5 Å². The lowest BCUT2D eigenvalue weighted by Crippen LogP contribution is -2.47. The molecular weight excluding hydrogens is 505 g/mol. The Morgan fingerprint density at radius 1 is 1.36 bits per heavy atom. The number of carbonyl (C=O) groups excluding carboxylic acids is 2. The topological polar surface area (TPSA) is 118 Å². The first-order chi connectivity index (χ1) is 16.5. The number of pyridine rings is 1. The molecule has 1 fully saturated rings.